The van der Waals surface area contributed by atoms with Crippen molar-refractivity contribution >= 4 is 27.3 Å². The highest BCUT2D eigenvalue weighted by Gasteiger charge is 2.26. The molecule has 9 nitrogen and oxygen atoms in total. The van der Waals surface area contributed by atoms with E-state index in [9.17, 15) is 27.7 Å². The van der Waals surface area contributed by atoms with Crippen LogP contribution in [-0.4, -0.2) is 45.7 Å². The molecule has 2 aromatic carbocycles. The zero-order valence-electron chi connectivity index (χ0n) is 16.5. The minimum atomic E-state index is -3.93. The molecule has 30 heavy (non-hydrogen) atoms. The molecule has 0 aliphatic rings. The Morgan fingerprint density at radius 1 is 1.23 bits per heavy atom. The predicted molar refractivity (Wildman–Crippen MR) is 110 cm³/mol. The van der Waals surface area contributed by atoms with Gasteiger partial charge in [-0.2, -0.15) is 0 Å². The zero-order chi connectivity index (χ0) is 22.3. The number of methoxy groups -OCH3 is 1. The second-order valence-corrected chi connectivity index (χ2v) is 8.37. The zero-order valence-corrected chi connectivity index (χ0v) is 17.3. The van der Waals surface area contributed by atoms with Crippen molar-refractivity contribution in [1.29, 1.82) is 0 Å². The SMILES string of the molecule is COc1ccc([N+](=O)[O-])cc1N(CC(=O)NCCCc1ccc(F)cc1)S(C)(=O)=O. The van der Waals surface area contributed by atoms with E-state index in [2.05, 4.69) is 5.32 Å². The maximum atomic E-state index is 12.9. The van der Waals surface area contributed by atoms with Crippen LogP contribution in [0.4, 0.5) is 15.8 Å². The van der Waals surface area contributed by atoms with Crippen LogP contribution in [0.1, 0.15) is 12.0 Å². The number of sulfonamides is 1. The van der Waals surface area contributed by atoms with Gasteiger partial charge in [0, 0.05) is 18.7 Å². The van der Waals surface area contributed by atoms with Crippen LogP contribution < -0.4 is 14.4 Å². The number of nitro groups is 1. The molecule has 0 atom stereocenters. The molecule has 2 rings (SSSR count). The Kier molecular flexibility index (Phi) is 7.70. The number of anilines is 1. The van der Waals surface area contributed by atoms with E-state index in [1.807, 2.05) is 0 Å². The average molecular weight is 439 g/mol. The van der Waals surface area contributed by atoms with Gasteiger partial charge in [-0.3, -0.25) is 19.2 Å². The number of carbonyl (C=O) groups is 1. The van der Waals surface area contributed by atoms with Gasteiger partial charge in [-0.25, -0.2) is 12.8 Å². The van der Waals surface area contributed by atoms with E-state index in [0.29, 0.717) is 12.8 Å². The molecular formula is C19H22FN3O6S. The number of nitrogens with one attached hydrogen (secondary N) is 1. The van der Waals surface area contributed by atoms with E-state index >= 15 is 0 Å². The third-order valence-electron chi connectivity index (χ3n) is 4.21. The van der Waals surface area contributed by atoms with Crippen molar-refractivity contribution in [3.8, 4) is 5.75 Å². The molecule has 0 aliphatic carbocycles. The third-order valence-corrected chi connectivity index (χ3v) is 5.33. The molecule has 0 aromatic heterocycles. The topological polar surface area (TPSA) is 119 Å². The number of carbonyl (C=O) groups excluding carboxylic acids is 1. The molecule has 162 valence electrons. The smallest absolute Gasteiger partial charge is 0.271 e. The summed E-state index contributed by atoms with van der Waals surface area (Å²) in [7, 11) is -2.64. The van der Waals surface area contributed by atoms with Crippen molar-refractivity contribution in [2.45, 2.75) is 12.8 Å². The van der Waals surface area contributed by atoms with Crippen molar-refractivity contribution in [3.63, 3.8) is 0 Å². The molecule has 0 unspecified atom stereocenters. The molecule has 0 saturated heterocycles. The van der Waals surface area contributed by atoms with Crippen LogP contribution in [0.15, 0.2) is 42.5 Å². The van der Waals surface area contributed by atoms with Gasteiger partial charge in [0.2, 0.25) is 15.9 Å². The number of hydrogen-bond donors (Lipinski definition) is 1. The summed E-state index contributed by atoms with van der Waals surface area (Å²) in [5.74, 6) is -0.826. The number of nitrogens with zero attached hydrogens (tertiary/aromatic N) is 2. The van der Waals surface area contributed by atoms with Gasteiger partial charge in [0.05, 0.1) is 18.3 Å². The lowest BCUT2D eigenvalue weighted by atomic mass is 10.1. The molecule has 1 N–H and O–H groups in total. The van der Waals surface area contributed by atoms with Crippen LogP contribution in [0.2, 0.25) is 0 Å². The van der Waals surface area contributed by atoms with Gasteiger partial charge in [0.15, 0.2) is 0 Å². The highest BCUT2D eigenvalue weighted by Crippen LogP contribution is 2.33. The number of rotatable bonds is 10. The van der Waals surface area contributed by atoms with Crippen LogP contribution in [0.5, 0.6) is 5.75 Å². The van der Waals surface area contributed by atoms with Gasteiger partial charge in [0.1, 0.15) is 23.8 Å². The van der Waals surface area contributed by atoms with Crippen molar-refractivity contribution in [2.75, 3.05) is 30.8 Å². The number of amides is 1. The fourth-order valence-electron chi connectivity index (χ4n) is 2.73. The fraction of sp³-hybridized carbons (Fsp3) is 0.316. The lowest BCUT2D eigenvalue weighted by Crippen LogP contribution is -2.40. The quantitative estimate of drug-likeness (QED) is 0.345. The molecule has 0 fully saturated rings. The summed E-state index contributed by atoms with van der Waals surface area (Å²) >= 11 is 0. The number of aryl methyl sites for hydroxylation is 1. The van der Waals surface area contributed by atoms with Gasteiger partial charge >= 0.3 is 0 Å². The van der Waals surface area contributed by atoms with Crippen molar-refractivity contribution in [2.24, 2.45) is 0 Å². The summed E-state index contributed by atoms with van der Waals surface area (Å²) in [6.07, 6.45) is 2.07. The minimum Gasteiger partial charge on any atom is -0.495 e. The van der Waals surface area contributed by atoms with E-state index < -0.39 is 27.4 Å². The van der Waals surface area contributed by atoms with Crippen LogP contribution in [0, 0.1) is 15.9 Å². The highest BCUT2D eigenvalue weighted by atomic mass is 32.2. The van der Waals surface area contributed by atoms with E-state index in [1.165, 1.54) is 31.4 Å². The molecule has 0 saturated carbocycles. The van der Waals surface area contributed by atoms with E-state index in [0.717, 1.165) is 22.2 Å². The van der Waals surface area contributed by atoms with Gasteiger partial charge in [-0.15, -0.1) is 0 Å². The fourth-order valence-corrected chi connectivity index (χ4v) is 3.58. The summed E-state index contributed by atoms with van der Waals surface area (Å²) in [6, 6.07) is 9.50. The standard InChI is InChI=1S/C19H22FN3O6S/c1-29-18-10-9-16(23(25)26)12-17(18)22(30(2,27)28)13-19(24)21-11-3-4-14-5-7-15(20)8-6-14/h5-10,12H,3-4,11,13H2,1-2H3,(H,21,24). The van der Waals surface area contributed by atoms with Crippen LogP contribution in [-0.2, 0) is 21.2 Å². The molecule has 2 aromatic rings. The monoisotopic (exact) mass is 439 g/mol. The number of benzene rings is 2. The van der Waals surface area contributed by atoms with Crippen LogP contribution >= 0.6 is 0 Å². The first kappa shape index (κ1) is 23.1. The van der Waals surface area contributed by atoms with E-state index in [4.69, 9.17) is 4.74 Å². The predicted octanol–water partition coefficient (Wildman–Crippen LogP) is 2.26. The second-order valence-electron chi connectivity index (χ2n) is 6.46. The van der Waals surface area contributed by atoms with E-state index in [-0.39, 0.29) is 29.5 Å². The highest BCUT2D eigenvalue weighted by molar-refractivity contribution is 7.92. The number of non-ortho nitro benzene ring substituents is 1. The number of hydrogen-bond acceptors (Lipinski definition) is 6. The van der Waals surface area contributed by atoms with Gasteiger partial charge in [-0.05, 0) is 36.6 Å². The second kappa shape index (κ2) is 10.0. The molecule has 0 bridgehead atoms. The summed E-state index contributed by atoms with van der Waals surface area (Å²) in [5.41, 5.74) is 0.472. The third kappa shape index (κ3) is 6.41. The minimum absolute atomic E-state index is 0.0788. The molecule has 1 amide bonds. The molecule has 11 heteroatoms. The number of ether oxygens (including phenoxy) is 1. The first-order valence-electron chi connectivity index (χ1n) is 8.93. The Morgan fingerprint density at radius 2 is 1.90 bits per heavy atom. The normalized spacial score (nSPS) is 11.0. The van der Waals surface area contributed by atoms with Crippen LogP contribution in [0.3, 0.4) is 0 Å². The van der Waals surface area contributed by atoms with Gasteiger partial charge in [0.25, 0.3) is 5.69 Å². The van der Waals surface area contributed by atoms with Gasteiger partial charge < -0.3 is 10.1 Å². The molecule has 0 heterocycles. The van der Waals surface area contributed by atoms with Crippen LogP contribution in [0.25, 0.3) is 0 Å². The van der Waals surface area contributed by atoms with E-state index in [1.54, 1.807) is 12.1 Å². The average Bonchev–Trinajstić information content (AvgIpc) is 2.69. The first-order valence-corrected chi connectivity index (χ1v) is 10.8. The number of halogens is 1. The van der Waals surface area contributed by atoms with Crippen molar-refractivity contribution in [3.05, 3.63) is 64.0 Å². The maximum Gasteiger partial charge on any atom is 0.271 e. The Bertz CT molecular complexity index is 1010. The number of nitro benzene ring substituents is 1. The summed E-state index contributed by atoms with van der Waals surface area (Å²) < 4.78 is 43.3. The van der Waals surface area contributed by atoms with Gasteiger partial charge in [-0.1, -0.05) is 12.1 Å². The molecule has 0 aliphatic heterocycles. The lowest BCUT2D eigenvalue weighted by molar-refractivity contribution is -0.384. The molecular weight excluding hydrogens is 417 g/mol. The van der Waals surface area contributed by atoms with Crippen molar-refractivity contribution < 1.29 is 27.3 Å². The Labute approximate surface area is 173 Å². The lowest BCUT2D eigenvalue weighted by Gasteiger charge is -2.23. The Morgan fingerprint density at radius 3 is 2.47 bits per heavy atom. The Balaban J connectivity index is 2.06. The van der Waals surface area contributed by atoms with Crippen molar-refractivity contribution in [1.82, 2.24) is 5.32 Å². The molecule has 0 radical (unpaired) electrons. The maximum absolute atomic E-state index is 12.9. The summed E-state index contributed by atoms with van der Waals surface area (Å²) in [4.78, 5) is 22.7. The Hall–Kier alpha value is -3.21. The molecule has 0 spiro atoms. The first-order chi connectivity index (χ1) is 14.1. The summed E-state index contributed by atoms with van der Waals surface area (Å²) in [5, 5.41) is 13.7. The largest absolute Gasteiger partial charge is 0.495 e. The summed E-state index contributed by atoms with van der Waals surface area (Å²) in [6.45, 7) is -0.285.